The summed E-state index contributed by atoms with van der Waals surface area (Å²) in [4.78, 5) is 15.3. The minimum absolute atomic E-state index is 0.0180. The number of benzene rings is 1. The Hall–Kier alpha value is -2.86. The second-order valence-corrected chi connectivity index (χ2v) is 7.63. The van der Waals surface area contributed by atoms with Crippen LogP contribution in [0.3, 0.4) is 0 Å². The molecule has 3 heterocycles. The van der Waals surface area contributed by atoms with Gasteiger partial charge in [0.25, 0.3) is 5.91 Å². The van der Waals surface area contributed by atoms with Crippen LogP contribution in [0.25, 0.3) is 17.1 Å². The zero-order valence-corrected chi connectivity index (χ0v) is 16.8. The van der Waals surface area contributed by atoms with Gasteiger partial charge in [0.1, 0.15) is 11.4 Å². The highest BCUT2D eigenvalue weighted by Crippen LogP contribution is 2.24. The van der Waals surface area contributed by atoms with Crippen molar-refractivity contribution in [3.05, 3.63) is 59.9 Å². The number of ether oxygens (including phenoxy) is 1. The average molecular weight is 378 g/mol. The molecular formula is C22H26N4O2. The quantitative estimate of drug-likeness (QED) is 0.702. The summed E-state index contributed by atoms with van der Waals surface area (Å²) in [5.41, 5.74) is 4.38. The van der Waals surface area contributed by atoms with Gasteiger partial charge in [-0.05, 0) is 51.1 Å². The first-order valence-electron chi connectivity index (χ1n) is 9.66. The number of hydrogen-bond donors (Lipinski definition) is 0. The van der Waals surface area contributed by atoms with Gasteiger partial charge in [-0.2, -0.15) is 5.10 Å². The monoisotopic (exact) mass is 378 g/mol. The maximum atomic E-state index is 13.4. The first kappa shape index (κ1) is 18.5. The largest absolute Gasteiger partial charge is 0.372 e. The first-order chi connectivity index (χ1) is 13.4. The lowest BCUT2D eigenvalue weighted by molar-refractivity contribution is -0.0588. The van der Waals surface area contributed by atoms with Crippen molar-refractivity contribution in [1.82, 2.24) is 19.2 Å². The number of aromatic nitrogens is 3. The van der Waals surface area contributed by atoms with Gasteiger partial charge in [0.2, 0.25) is 0 Å². The maximum Gasteiger partial charge on any atom is 0.272 e. The van der Waals surface area contributed by atoms with E-state index in [1.54, 1.807) is 4.68 Å². The van der Waals surface area contributed by atoms with Crippen LogP contribution in [0.15, 0.2) is 48.7 Å². The lowest BCUT2D eigenvalue weighted by Crippen LogP contribution is -2.48. The molecule has 2 unspecified atom stereocenters. The fraction of sp³-hybridized carbons (Fsp3) is 0.364. The molecular weight excluding hydrogens is 352 g/mol. The van der Waals surface area contributed by atoms with Crippen molar-refractivity contribution in [2.45, 2.75) is 33.0 Å². The molecule has 28 heavy (non-hydrogen) atoms. The molecule has 0 radical (unpaired) electrons. The van der Waals surface area contributed by atoms with E-state index in [-0.39, 0.29) is 18.1 Å². The van der Waals surface area contributed by atoms with Crippen LogP contribution in [0, 0.1) is 6.92 Å². The molecule has 1 aromatic carbocycles. The third kappa shape index (κ3) is 3.47. The SMILES string of the molecule is Cc1ccc(-n2nc(-c3cccn3C)cc2C(=O)N2CC(C)OC(C)C2)cc1. The molecule has 0 saturated carbocycles. The molecule has 1 aliphatic heterocycles. The molecule has 1 amide bonds. The summed E-state index contributed by atoms with van der Waals surface area (Å²) in [5.74, 6) is -0.0180. The van der Waals surface area contributed by atoms with E-state index in [0.717, 1.165) is 17.1 Å². The topological polar surface area (TPSA) is 52.3 Å². The smallest absolute Gasteiger partial charge is 0.272 e. The Balaban J connectivity index is 1.78. The number of morpholine rings is 1. The number of aryl methyl sites for hydroxylation is 2. The molecule has 1 fully saturated rings. The molecule has 0 spiro atoms. The molecule has 6 nitrogen and oxygen atoms in total. The normalized spacial score (nSPS) is 19.8. The average Bonchev–Trinajstić information content (AvgIpc) is 3.27. The second-order valence-electron chi connectivity index (χ2n) is 7.63. The van der Waals surface area contributed by atoms with Crippen molar-refractivity contribution in [3.63, 3.8) is 0 Å². The van der Waals surface area contributed by atoms with E-state index in [4.69, 9.17) is 9.84 Å². The number of carbonyl (C=O) groups is 1. The minimum Gasteiger partial charge on any atom is -0.372 e. The third-order valence-electron chi connectivity index (χ3n) is 5.12. The van der Waals surface area contributed by atoms with Gasteiger partial charge in [-0.15, -0.1) is 0 Å². The Morgan fingerprint density at radius 2 is 1.79 bits per heavy atom. The summed E-state index contributed by atoms with van der Waals surface area (Å²) in [6, 6.07) is 13.9. The number of carbonyl (C=O) groups excluding carboxylic acids is 1. The highest BCUT2D eigenvalue weighted by atomic mass is 16.5. The molecule has 0 N–H and O–H groups in total. The van der Waals surface area contributed by atoms with Gasteiger partial charge in [0, 0.05) is 26.3 Å². The van der Waals surface area contributed by atoms with E-state index in [9.17, 15) is 4.79 Å². The van der Waals surface area contributed by atoms with Gasteiger partial charge in [-0.25, -0.2) is 4.68 Å². The zero-order chi connectivity index (χ0) is 19.8. The van der Waals surface area contributed by atoms with Crippen LogP contribution < -0.4 is 0 Å². The third-order valence-corrected chi connectivity index (χ3v) is 5.12. The second kappa shape index (κ2) is 7.28. The maximum absolute atomic E-state index is 13.4. The van der Waals surface area contributed by atoms with Gasteiger partial charge in [0.15, 0.2) is 0 Å². The summed E-state index contributed by atoms with van der Waals surface area (Å²) in [7, 11) is 1.98. The van der Waals surface area contributed by atoms with Crippen molar-refractivity contribution in [1.29, 1.82) is 0 Å². The van der Waals surface area contributed by atoms with E-state index in [1.165, 1.54) is 5.56 Å². The highest BCUT2D eigenvalue weighted by Gasteiger charge is 2.29. The van der Waals surface area contributed by atoms with Crippen molar-refractivity contribution in [2.75, 3.05) is 13.1 Å². The summed E-state index contributed by atoms with van der Waals surface area (Å²) in [6.45, 7) is 7.22. The fourth-order valence-electron chi connectivity index (χ4n) is 3.77. The molecule has 1 saturated heterocycles. The summed E-state index contributed by atoms with van der Waals surface area (Å²) in [6.07, 6.45) is 2.03. The van der Waals surface area contributed by atoms with E-state index in [1.807, 2.05) is 85.9 Å². The van der Waals surface area contributed by atoms with E-state index in [2.05, 4.69) is 0 Å². The van der Waals surface area contributed by atoms with Crippen LogP contribution in [-0.4, -0.2) is 50.5 Å². The van der Waals surface area contributed by atoms with Crippen LogP contribution in [0.4, 0.5) is 0 Å². The van der Waals surface area contributed by atoms with Crippen LogP contribution >= 0.6 is 0 Å². The molecule has 0 aliphatic carbocycles. The highest BCUT2D eigenvalue weighted by molar-refractivity contribution is 5.94. The lowest BCUT2D eigenvalue weighted by atomic mass is 10.2. The molecule has 2 atom stereocenters. The number of hydrogen-bond acceptors (Lipinski definition) is 3. The summed E-state index contributed by atoms with van der Waals surface area (Å²) >= 11 is 0. The predicted octanol–water partition coefficient (Wildman–Crippen LogP) is 3.44. The standard InChI is InChI=1S/C22H26N4O2/c1-15-7-9-18(10-8-15)26-21(12-19(23-26)20-6-5-11-24(20)4)22(27)25-13-16(2)28-17(3)14-25/h5-12,16-17H,13-14H2,1-4H3. The Morgan fingerprint density at radius 1 is 1.11 bits per heavy atom. The molecule has 0 bridgehead atoms. The first-order valence-corrected chi connectivity index (χ1v) is 9.66. The predicted molar refractivity (Wildman–Crippen MR) is 109 cm³/mol. The Morgan fingerprint density at radius 3 is 2.39 bits per heavy atom. The van der Waals surface area contributed by atoms with Crippen LogP contribution in [0.1, 0.15) is 29.9 Å². The minimum atomic E-state index is -0.0180. The Bertz CT molecular complexity index is 976. The van der Waals surface area contributed by atoms with Gasteiger partial charge < -0.3 is 14.2 Å². The van der Waals surface area contributed by atoms with E-state index < -0.39 is 0 Å². The molecule has 6 heteroatoms. The van der Waals surface area contributed by atoms with E-state index >= 15 is 0 Å². The molecule has 3 aromatic rings. The fourth-order valence-corrected chi connectivity index (χ4v) is 3.77. The van der Waals surface area contributed by atoms with E-state index in [0.29, 0.717) is 18.8 Å². The molecule has 146 valence electrons. The number of nitrogens with zero attached hydrogens (tertiary/aromatic N) is 4. The van der Waals surface area contributed by atoms with Crippen LogP contribution in [-0.2, 0) is 11.8 Å². The van der Waals surface area contributed by atoms with Crippen molar-refractivity contribution in [2.24, 2.45) is 7.05 Å². The Labute approximate surface area is 165 Å². The van der Waals surface area contributed by atoms with Gasteiger partial charge in [-0.1, -0.05) is 17.7 Å². The zero-order valence-electron chi connectivity index (χ0n) is 16.8. The van der Waals surface area contributed by atoms with Gasteiger partial charge in [-0.3, -0.25) is 4.79 Å². The molecule has 1 aliphatic rings. The van der Waals surface area contributed by atoms with Crippen molar-refractivity contribution in [3.8, 4) is 17.1 Å². The summed E-state index contributed by atoms with van der Waals surface area (Å²) < 4.78 is 9.56. The van der Waals surface area contributed by atoms with Crippen LogP contribution in [0.2, 0.25) is 0 Å². The number of rotatable bonds is 3. The number of amides is 1. The van der Waals surface area contributed by atoms with Crippen molar-refractivity contribution >= 4 is 5.91 Å². The van der Waals surface area contributed by atoms with Crippen molar-refractivity contribution < 1.29 is 9.53 Å². The Kier molecular flexibility index (Phi) is 4.81. The molecule has 2 aromatic heterocycles. The van der Waals surface area contributed by atoms with Crippen LogP contribution in [0.5, 0.6) is 0 Å². The molecule has 4 rings (SSSR count). The van der Waals surface area contributed by atoms with Gasteiger partial charge >= 0.3 is 0 Å². The van der Waals surface area contributed by atoms with Gasteiger partial charge in [0.05, 0.1) is 23.6 Å². The lowest BCUT2D eigenvalue weighted by Gasteiger charge is -2.35. The summed E-state index contributed by atoms with van der Waals surface area (Å²) in [5, 5.41) is 4.78.